The highest BCUT2D eigenvalue weighted by atomic mass is 32.1. The van der Waals surface area contributed by atoms with Gasteiger partial charge in [0.15, 0.2) is 0 Å². The number of rotatable bonds is 6. The molecule has 0 N–H and O–H groups in total. The standard InChI is InChI=1S/C58H36N2OS/c1-2-18-41(19-3-1)60(52-35-40-17-7-8-20-44(40)46-22-10-11-23-47(46)52)51-31-30-50(57-56-45-21-9-6-15-38(45)27-33-55(56)62-58(51)57)59(42-28-26-37-14-4-5-16-39(37)34-42)43-29-32-54-49(36-43)48-24-12-13-25-53(48)61-54/h1-36H. The Morgan fingerprint density at radius 2 is 0.919 bits per heavy atom. The van der Waals surface area contributed by atoms with Gasteiger partial charge in [-0.25, -0.2) is 0 Å². The summed E-state index contributed by atoms with van der Waals surface area (Å²) >= 11 is 1.88. The van der Waals surface area contributed by atoms with Crippen LogP contribution in [0.15, 0.2) is 223 Å². The highest BCUT2D eigenvalue weighted by molar-refractivity contribution is 7.26. The van der Waals surface area contributed by atoms with Gasteiger partial charge in [-0.1, -0.05) is 146 Å². The van der Waals surface area contributed by atoms with Gasteiger partial charge in [0, 0.05) is 48.7 Å². The summed E-state index contributed by atoms with van der Waals surface area (Å²) in [5.41, 5.74) is 8.42. The third kappa shape index (κ3) is 5.37. The van der Waals surface area contributed by atoms with E-state index in [-0.39, 0.29) is 0 Å². The van der Waals surface area contributed by atoms with Gasteiger partial charge >= 0.3 is 0 Å². The number of benzene rings is 11. The Hall–Kier alpha value is -7.92. The van der Waals surface area contributed by atoms with Crippen LogP contribution in [0.25, 0.3) is 85.2 Å². The van der Waals surface area contributed by atoms with Crippen molar-refractivity contribution in [2.24, 2.45) is 0 Å². The van der Waals surface area contributed by atoms with E-state index < -0.39 is 0 Å². The lowest BCUT2D eigenvalue weighted by atomic mass is 9.98. The third-order valence-corrected chi connectivity index (χ3v) is 13.7. The van der Waals surface area contributed by atoms with Crippen LogP contribution in [0.5, 0.6) is 0 Å². The fraction of sp³-hybridized carbons (Fsp3) is 0. The van der Waals surface area contributed by atoms with Crippen LogP contribution in [-0.2, 0) is 0 Å². The van der Waals surface area contributed by atoms with E-state index in [4.69, 9.17) is 4.42 Å². The monoisotopic (exact) mass is 808 g/mol. The Morgan fingerprint density at radius 1 is 0.306 bits per heavy atom. The van der Waals surface area contributed by atoms with Crippen LogP contribution >= 0.6 is 11.3 Å². The molecule has 2 heterocycles. The van der Waals surface area contributed by atoms with Crippen molar-refractivity contribution in [2.75, 3.05) is 9.80 Å². The lowest BCUT2D eigenvalue weighted by Gasteiger charge is -2.30. The van der Waals surface area contributed by atoms with Crippen LogP contribution in [0.3, 0.4) is 0 Å². The Kier molecular flexibility index (Phi) is 7.78. The Labute approximate surface area is 361 Å². The molecule has 0 aliphatic heterocycles. The Balaban J connectivity index is 1.16. The third-order valence-electron chi connectivity index (χ3n) is 12.6. The first kappa shape index (κ1) is 34.9. The molecule has 62 heavy (non-hydrogen) atoms. The van der Waals surface area contributed by atoms with Gasteiger partial charge in [-0.2, -0.15) is 0 Å². The minimum absolute atomic E-state index is 0.877. The van der Waals surface area contributed by atoms with Crippen molar-refractivity contribution >= 4 is 131 Å². The average molecular weight is 809 g/mol. The molecule has 0 radical (unpaired) electrons. The maximum Gasteiger partial charge on any atom is 0.135 e. The number of anilines is 6. The lowest BCUT2D eigenvalue weighted by Crippen LogP contribution is -2.13. The van der Waals surface area contributed by atoms with Crippen molar-refractivity contribution in [3.63, 3.8) is 0 Å². The van der Waals surface area contributed by atoms with Gasteiger partial charge in [-0.15, -0.1) is 11.3 Å². The van der Waals surface area contributed by atoms with E-state index in [0.717, 1.165) is 56.1 Å². The van der Waals surface area contributed by atoms with E-state index in [2.05, 4.69) is 222 Å². The van der Waals surface area contributed by atoms with E-state index >= 15 is 0 Å². The fourth-order valence-corrected chi connectivity index (χ4v) is 11.0. The number of fused-ring (bicyclic) bond motifs is 12. The second kappa shape index (κ2) is 13.8. The van der Waals surface area contributed by atoms with Crippen LogP contribution in [0, 0.1) is 0 Å². The number of thiophene rings is 1. The van der Waals surface area contributed by atoms with E-state index in [1.165, 1.54) is 63.3 Å². The van der Waals surface area contributed by atoms with Crippen LogP contribution in [0.1, 0.15) is 0 Å². The molecule has 0 spiro atoms. The summed E-state index contributed by atoms with van der Waals surface area (Å²) in [6.45, 7) is 0. The van der Waals surface area contributed by atoms with Crippen molar-refractivity contribution in [1.82, 2.24) is 0 Å². The summed E-state index contributed by atoms with van der Waals surface area (Å²) in [7, 11) is 0. The molecule has 3 nitrogen and oxygen atoms in total. The molecular weight excluding hydrogens is 773 g/mol. The summed E-state index contributed by atoms with van der Waals surface area (Å²) in [4.78, 5) is 4.95. The van der Waals surface area contributed by atoms with Gasteiger partial charge in [0.05, 0.1) is 21.8 Å². The number of furan rings is 1. The zero-order valence-electron chi connectivity index (χ0n) is 33.5. The van der Waals surface area contributed by atoms with E-state index in [9.17, 15) is 0 Å². The highest BCUT2D eigenvalue weighted by Gasteiger charge is 2.26. The summed E-state index contributed by atoms with van der Waals surface area (Å²) in [5, 5.41) is 14.5. The summed E-state index contributed by atoms with van der Waals surface area (Å²) in [6, 6.07) is 79.5. The Morgan fingerprint density at radius 3 is 1.77 bits per heavy atom. The fourth-order valence-electron chi connectivity index (χ4n) is 9.77. The number of hydrogen-bond donors (Lipinski definition) is 0. The van der Waals surface area contributed by atoms with Gasteiger partial charge < -0.3 is 14.2 Å². The molecule has 0 unspecified atom stereocenters. The zero-order chi connectivity index (χ0) is 40.7. The average Bonchev–Trinajstić information content (AvgIpc) is 3.92. The smallest absolute Gasteiger partial charge is 0.135 e. The van der Waals surface area contributed by atoms with E-state index in [1.54, 1.807) is 0 Å². The topological polar surface area (TPSA) is 19.6 Å². The first-order valence-electron chi connectivity index (χ1n) is 21.1. The maximum absolute atomic E-state index is 6.38. The molecule has 13 aromatic rings. The van der Waals surface area contributed by atoms with Gasteiger partial charge in [0.25, 0.3) is 0 Å². The first-order valence-corrected chi connectivity index (χ1v) is 21.9. The van der Waals surface area contributed by atoms with Crippen molar-refractivity contribution in [1.29, 1.82) is 0 Å². The summed E-state index contributed by atoms with van der Waals surface area (Å²) < 4.78 is 8.85. The van der Waals surface area contributed by atoms with E-state index in [0.29, 0.717) is 0 Å². The van der Waals surface area contributed by atoms with Crippen molar-refractivity contribution in [3.05, 3.63) is 218 Å². The molecule has 0 aliphatic rings. The molecule has 0 aliphatic carbocycles. The molecule has 0 saturated heterocycles. The van der Waals surface area contributed by atoms with Gasteiger partial charge in [0.2, 0.25) is 0 Å². The molecule has 0 amide bonds. The molecular formula is C58H36N2OS. The van der Waals surface area contributed by atoms with Gasteiger partial charge in [-0.05, 0) is 110 Å². The predicted octanol–water partition coefficient (Wildman–Crippen LogP) is 17.5. The first-order chi connectivity index (χ1) is 30.7. The lowest BCUT2D eigenvalue weighted by molar-refractivity contribution is 0.669. The summed E-state index contributed by atoms with van der Waals surface area (Å²) in [6.07, 6.45) is 0. The SMILES string of the molecule is c1ccc(N(c2cc3ccccc3c3ccccc23)c2ccc(N(c3ccc4ccccc4c3)c3ccc4oc5ccccc5c4c3)c3c2sc2ccc4ccccc4c23)cc1. The number of para-hydroxylation sites is 2. The minimum Gasteiger partial charge on any atom is -0.456 e. The van der Waals surface area contributed by atoms with E-state index in [1.807, 2.05) is 17.4 Å². The van der Waals surface area contributed by atoms with Gasteiger partial charge in [0.1, 0.15) is 11.2 Å². The van der Waals surface area contributed by atoms with Crippen molar-refractivity contribution < 1.29 is 4.42 Å². The van der Waals surface area contributed by atoms with Crippen LogP contribution < -0.4 is 9.80 Å². The maximum atomic E-state index is 6.38. The van der Waals surface area contributed by atoms with Crippen LogP contribution in [0.4, 0.5) is 34.1 Å². The molecule has 4 heteroatoms. The molecule has 2 aromatic heterocycles. The number of hydrogen-bond acceptors (Lipinski definition) is 4. The van der Waals surface area contributed by atoms with Crippen molar-refractivity contribution in [3.8, 4) is 0 Å². The normalized spacial score (nSPS) is 11.9. The number of nitrogens with zero attached hydrogens (tertiary/aromatic N) is 2. The van der Waals surface area contributed by atoms with Gasteiger partial charge in [-0.3, -0.25) is 0 Å². The van der Waals surface area contributed by atoms with Crippen molar-refractivity contribution in [2.45, 2.75) is 0 Å². The van der Waals surface area contributed by atoms with Crippen LogP contribution in [0.2, 0.25) is 0 Å². The largest absolute Gasteiger partial charge is 0.456 e. The minimum atomic E-state index is 0.877. The molecule has 0 bridgehead atoms. The summed E-state index contributed by atoms with van der Waals surface area (Å²) in [5.74, 6) is 0. The molecule has 0 saturated carbocycles. The Bertz CT molecular complexity index is 3900. The molecule has 0 fully saturated rings. The zero-order valence-corrected chi connectivity index (χ0v) is 34.3. The molecule has 290 valence electrons. The molecule has 13 rings (SSSR count). The molecule has 11 aromatic carbocycles. The second-order valence-corrected chi connectivity index (χ2v) is 17.1. The van der Waals surface area contributed by atoms with Crippen LogP contribution in [-0.4, -0.2) is 0 Å². The molecule has 0 atom stereocenters. The predicted molar refractivity (Wildman–Crippen MR) is 266 cm³/mol. The second-order valence-electron chi connectivity index (χ2n) is 16.0. The highest BCUT2D eigenvalue weighted by Crippen LogP contribution is 2.53. The quantitative estimate of drug-likeness (QED) is 0.156.